The van der Waals surface area contributed by atoms with Crippen molar-refractivity contribution in [3.63, 3.8) is 0 Å². The standard InChI is InChI=1S/C12H16N2O5/c1-4-18-11(16)9-6(2)10(14-7(9)3)12(17)19-5-8(13)15/h14H,4-5H2,1-3H3,(H2,13,15). The average molecular weight is 268 g/mol. The van der Waals surface area contributed by atoms with Gasteiger partial charge in [-0.25, -0.2) is 9.59 Å². The summed E-state index contributed by atoms with van der Waals surface area (Å²) in [6.45, 7) is 4.66. The fourth-order valence-corrected chi connectivity index (χ4v) is 1.67. The quantitative estimate of drug-likeness (QED) is 0.753. The second-order valence-electron chi connectivity index (χ2n) is 3.89. The van der Waals surface area contributed by atoms with Crippen molar-refractivity contribution in [1.29, 1.82) is 0 Å². The minimum atomic E-state index is -0.750. The molecule has 0 bridgehead atoms. The highest BCUT2D eigenvalue weighted by Crippen LogP contribution is 2.19. The Labute approximate surface area is 110 Å². The predicted octanol–water partition coefficient (Wildman–Crippen LogP) is 0.450. The molecule has 1 rings (SSSR count). The molecule has 7 heteroatoms. The van der Waals surface area contributed by atoms with E-state index in [1.807, 2.05) is 0 Å². The molecule has 0 radical (unpaired) electrons. The summed E-state index contributed by atoms with van der Waals surface area (Å²) in [5, 5.41) is 0. The number of hydrogen-bond donors (Lipinski definition) is 2. The SMILES string of the molecule is CCOC(=O)c1c(C)[nH]c(C(=O)OCC(N)=O)c1C. The average Bonchev–Trinajstić information content (AvgIpc) is 2.62. The van der Waals surface area contributed by atoms with Gasteiger partial charge in [-0.3, -0.25) is 4.79 Å². The van der Waals surface area contributed by atoms with Gasteiger partial charge in [0, 0.05) is 5.69 Å². The Morgan fingerprint density at radius 2 is 1.79 bits per heavy atom. The molecule has 104 valence electrons. The number of amides is 1. The molecule has 0 saturated carbocycles. The van der Waals surface area contributed by atoms with Crippen molar-refractivity contribution in [2.24, 2.45) is 5.73 Å². The first-order valence-corrected chi connectivity index (χ1v) is 5.70. The van der Waals surface area contributed by atoms with Gasteiger partial charge in [0.2, 0.25) is 0 Å². The first-order valence-electron chi connectivity index (χ1n) is 5.70. The van der Waals surface area contributed by atoms with Crippen LogP contribution in [0.4, 0.5) is 0 Å². The normalized spacial score (nSPS) is 10.1. The molecule has 0 aromatic carbocycles. The van der Waals surface area contributed by atoms with E-state index in [0.29, 0.717) is 16.8 Å². The van der Waals surface area contributed by atoms with Gasteiger partial charge in [-0.05, 0) is 26.3 Å². The second kappa shape index (κ2) is 6.03. The fraction of sp³-hybridized carbons (Fsp3) is 0.417. The van der Waals surface area contributed by atoms with Gasteiger partial charge >= 0.3 is 11.9 Å². The van der Waals surface area contributed by atoms with E-state index in [0.717, 1.165) is 0 Å². The number of hydrogen-bond acceptors (Lipinski definition) is 5. The van der Waals surface area contributed by atoms with Gasteiger partial charge in [-0.1, -0.05) is 0 Å². The van der Waals surface area contributed by atoms with E-state index in [1.165, 1.54) is 0 Å². The molecule has 3 N–H and O–H groups in total. The van der Waals surface area contributed by atoms with Gasteiger partial charge in [-0.15, -0.1) is 0 Å². The van der Waals surface area contributed by atoms with Crippen LogP contribution in [0.1, 0.15) is 39.0 Å². The van der Waals surface area contributed by atoms with Crippen LogP contribution in [0.25, 0.3) is 0 Å². The third-order valence-electron chi connectivity index (χ3n) is 2.47. The maximum atomic E-state index is 11.7. The van der Waals surface area contributed by atoms with Crippen LogP contribution < -0.4 is 5.73 Å². The highest BCUT2D eigenvalue weighted by molar-refractivity contribution is 5.99. The third-order valence-corrected chi connectivity index (χ3v) is 2.47. The topological polar surface area (TPSA) is 111 Å². The molecule has 0 spiro atoms. The van der Waals surface area contributed by atoms with Crippen LogP contribution in [0.15, 0.2) is 0 Å². The first-order chi connectivity index (χ1) is 8.88. The van der Waals surface area contributed by atoms with Gasteiger partial charge < -0.3 is 20.2 Å². The Morgan fingerprint density at radius 3 is 2.32 bits per heavy atom. The number of carbonyl (C=O) groups excluding carboxylic acids is 3. The van der Waals surface area contributed by atoms with Crippen LogP contribution >= 0.6 is 0 Å². The Balaban J connectivity index is 2.99. The Hall–Kier alpha value is -2.31. The van der Waals surface area contributed by atoms with Gasteiger partial charge in [0.1, 0.15) is 5.69 Å². The number of aryl methyl sites for hydroxylation is 1. The molecule has 1 amide bonds. The number of aromatic nitrogens is 1. The van der Waals surface area contributed by atoms with Crippen LogP contribution in [0, 0.1) is 13.8 Å². The summed E-state index contributed by atoms with van der Waals surface area (Å²) in [6.07, 6.45) is 0. The molecule has 0 fully saturated rings. The Bertz CT molecular complexity index is 518. The second-order valence-corrected chi connectivity index (χ2v) is 3.89. The number of rotatable bonds is 5. The summed E-state index contributed by atoms with van der Waals surface area (Å²) in [6, 6.07) is 0. The molecule has 0 aliphatic carbocycles. The lowest BCUT2D eigenvalue weighted by Crippen LogP contribution is -2.21. The molecule has 1 aromatic heterocycles. The molecule has 19 heavy (non-hydrogen) atoms. The van der Waals surface area contributed by atoms with Crippen molar-refractivity contribution in [3.8, 4) is 0 Å². The van der Waals surface area contributed by atoms with Crippen molar-refractivity contribution in [2.45, 2.75) is 20.8 Å². The van der Waals surface area contributed by atoms with Gasteiger partial charge in [0.15, 0.2) is 6.61 Å². The zero-order valence-electron chi connectivity index (χ0n) is 11.0. The van der Waals surface area contributed by atoms with Crippen molar-refractivity contribution in [1.82, 2.24) is 4.98 Å². The fourth-order valence-electron chi connectivity index (χ4n) is 1.67. The zero-order chi connectivity index (χ0) is 14.6. The molecule has 0 saturated heterocycles. The molecular formula is C12H16N2O5. The molecule has 0 aliphatic rings. The number of nitrogens with two attached hydrogens (primary N) is 1. The largest absolute Gasteiger partial charge is 0.462 e. The molecule has 1 heterocycles. The summed E-state index contributed by atoms with van der Waals surface area (Å²) >= 11 is 0. The van der Waals surface area contributed by atoms with E-state index < -0.39 is 24.5 Å². The lowest BCUT2D eigenvalue weighted by atomic mass is 10.1. The van der Waals surface area contributed by atoms with E-state index in [4.69, 9.17) is 10.5 Å². The minimum Gasteiger partial charge on any atom is -0.462 e. The van der Waals surface area contributed by atoms with Crippen LogP contribution in [0.2, 0.25) is 0 Å². The van der Waals surface area contributed by atoms with E-state index >= 15 is 0 Å². The van der Waals surface area contributed by atoms with Gasteiger partial charge in [-0.2, -0.15) is 0 Å². The number of ether oxygens (including phenoxy) is 2. The lowest BCUT2D eigenvalue weighted by Gasteiger charge is -2.03. The number of nitrogens with one attached hydrogen (secondary N) is 1. The summed E-state index contributed by atoms with van der Waals surface area (Å²) in [4.78, 5) is 36.7. The molecule has 1 aromatic rings. The zero-order valence-corrected chi connectivity index (χ0v) is 11.0. The number of aromatic amines is 1. The highest BCUT2D eigenvalue weighted by atomic mass is 16.5. The molecule has 0 aliphatic heterocycles. The highest BCUT2D eigenvalue weighted by Gasteiger charge is 2.23. The van der Waals surface area contributed by atoms with Crippen LogP contribution in [-0.2, 0) is 14.3 Å². The number of primary amides is 1. The summed E-state index contributed by atoms with van der Waals surface area (Å²) in [5.41, 5.74) is 6.21. The molecule has 0 atom stereocenters. The number of carbonyl (C=O) groups is 3. The summed E-state index contributed by atoms with van der Waals surface area (Å²) in [5.74, 6) is -2.00. The maximum Gasteiger partial charge on any atom is 0.355 e. The van der Waals surface area contributed by atoms with Gasteiger partial charge in [0.05, 0.1) is 12.2 Å². The minimum absolute atomic E-state index is 0.113. The molecular weight excluding hydrogens is 252 g/mol. The summed E-state index contributed by atoms with van der Waals surface area (Å²) < 4.78 is 9.58. The maximum absolute atomic E-state index is 11.7. The van der Waals surface area contributed by atoms with Crippen molar-refractivity contribution >= 4 is 17.8 Å². The Kier molecular flexibility index (Phi) is 4.68. The van der Waals surface area contributed by atoms with Gasteiger partial charge in [0.25, 0.3) is 5.91 Å². The van der Waals surface area contributed by atoms with Crippen LogP contribution in [-0.4, -0.2) is 36.0 Å². The Morgan fingerprint density at radius 1 is 1.16 bits per heavy atom. The summed E-state index contributed by atoms with van der Waals surface area (Å²) in [7, 11) is 0. The van der Waals surface area contributed by atoms with Crippen molar-refractivity contribution in [3.05, 3.63) is 22.5 Å². The van der Waals surface area contributed by atoms with E-state index in [-0.39, 0.29) is 12.3 Å². The molecule has 0 unspecified atom stereocenters. The van der Waals surface area contributed by atoms with Crippen LogP contribution in [0.5, 0.6) is 0 Å². The van der Waals surface area contributed by atoms with Crippen molar-refractivity contribution in [2.75, 3.05) is 13.2 Å². The lowest BCUT2D eigenvalue weighted by molar-refractivity contribution is -0.121. The number of H-pyrrole nitrogens is 1. The van der Waals surface area contributed by atoms with E-state index in [2.05, 4.69) is 9.72 Å². The number of esters is 2. The van der Waals surface area contributed by atoms with E-state index in [9.17, 15) is 14.4 Å². The third kappa shape index (κ3) is 3.34. The van der Waals surface area contributed by atoms with E-state index in [1.54, 1.807) is 20.8 Å². The first kappa shape index (κ1) is 14.7. The molecule has 7 nitrogen and oxygen atoms in total. The van der Waals surface area contributed by atoms with Crippen LogP contribution in [0.3, 0.4) is 0 Å². The monoisotopic (exact) mass is 268 g/mol. The smallest absolute Gasteiger partial charge is 0.355 e. The predicted molar refractivity (Wildman–Crippen MR) is 65.7 cm³/mol. The van der Waals surface area contributed by atoms with Crippen molar-refractivity contribution < 1.29 is 23.9 Å².